The Labute approximate surface area is 235 Å². The molecule has 0 radical (unpaired) electrons. The zero-order valence-electron chi connectivity index (χ0n) is 20.8. The number of halogens is 4. The molecule has 0 aromatic heterocycles. The number of rotatable bonds is 2. The summed E-state index contributed by atoms with van der Waals surface area (Å²) < 4.78 is 57.0. The second-order valence-electron chi connectivity index (χ2n) is 8.88. The molecular weight excluding hydrogens is 544 g/mol. The fourth-order valence-corrected chi connectivity index (χ4v) is 5.14. The van der Waals surface area contributed by atoms with Crippen molar-refractivity contribution >= 4 is 33.4 Å². The van der Waals surface area contributed by atoms with Gasteiger partial charge in [-0.1, -0.05) is 18.2 Å². The Morgan fingerprint density at radius 1 is 0.476 bits per heavy atom. The van der Waals surface area contributed by atoms with E-state index in [1.807, 2.05) is 12.1 Å². The Bertz CT molecular complexity index is 2010. The van der Waals surface area contributed by atoms with E-state index in [1.54, 1.807) is 24.3 Å². The van der Waals surface area contributed by atoms with Crippen LogP contribution in [-0.4, -0.2) is 0 Å². The quantitative estimate of drug-likeness (QED) is 0.254. The normalized spacial score (nSPS) is 12.8. The van der Waals surface area contributed by atoms with E-state index in [1.165, 1.54) is 24.3 Å². The molecule has 2 aliphatic carbocycles. The first-order valence-electron chi connectivity index (χ1n) is 11.7. The van der Waals surface area contributed by atoms with Crippen LogP contribution >= 0.6 is 0 Å². The third kappa shape index (κ3) is 3.82. The van der Waals surface area contributed by atoms with Crippen LogP contribution < -0.4 is 0 Å². The summed E-state index contributed by atoms with van der Waals surface area (Å²) in [4.78, 5) is 0. The highest BCUT2D eigenvalue weighted by Gasteiger charge is 2.35. The van der Waals surface area contributed by atoms with Crippen molar-refractivity contribution < 1.29 is 17.6 Å². The molecule has 194 valence electrons. The number of nitrogens with zero attached hydrogens (tertiary/aromatic N) is 6. The lowest BCUT2D eigenvalue weighted by atomic mass is 9.88. The Morgan fingerprint density at radius 2 is 0.810 bits per heavy atom. The third-order valence-corrected chi connectivity index (χ3v) is 6.81. The van der Waals surface area contributed by atoms with Crippen LogP contribution in [0.15, 0.2) is 59.7 Å². The van der Waals surface area contributed by atoms with Crippen LogP contribution in [0, 0.1) is 91.3 Å². The van der Waals surface area contributed by atoms with Crippen LogP contribution in [-0.2, 0) is 0 Å². The minimum atomic E-state index is -1.27. The summed E-state index contributed by atoms with van der Waals surface area (Å²) in [7, 11) is 0. The van der Waals surface area contributed by atoms with Crippen molar-refractivity contribution in [1.29, 1.82) is 31.6 Å². The van der Waals surface area contributed by atoms with Gasteiger partial charge in [-0.15, -0.1) is 0 Å². The molecule has 42 heavy (non-hydrogen) atoms. The molecule has 0 bridgehead atoms. The lowest BCUT2D eigenvalue weighted by Crippen LogP contribution is -1.96. The summed E-state index contributed by atoms with van der Waals surface area (Å²) in [6.07, 6.45) is 0. The van der Waals surface area contributed by atoms with Crippen molar-refractivity contribution in [2.75, 3.05) is 0 Å². The van der Waals surface area contributed by atoms with Crippen LogP contribution in [0.25, 0.3) is 33.4 Å². The minimum Gasteiger partial charge on any atom is -0.204 e. The molecule has 3 aromatic rings. The van der Waals surface area contributed by atoms with Crippen molar-refractivity contribution in [2.45, 2.75) is 0 Å². The summed E-state index contributed by atoms with van der Waals surface area (Å²) in [5.74, 6) is -5.05. The van der Waals surface area contributed by atoms with Gasteiger partial charge >= 0.3 is 0 Å². The van der Waals surface area contributed by atoms with Gasteiger partial charge in [0.1, 0.15) is 47.6 Å². The molecule has 0 amide bonds. The number of nitriles is 6. The first-order chi connectivity index (χ1) is 20.2. The summed E-state index contributed by atoms with van der Waals surface area (Å²) in [5.41, 5.74) is -1.44. The molecule has 0 spiro atoms. The number of hydrogen-bond acceptors (Lipinski definition) is 6. The van der Waals surface area contributed by atoms with Gasteiger partial charge in [0.2, 0.25) is 0 Å². The molecule has 5 rings (SSSR count). The van der Waals surface area contributed by atoms with Crippen molar-refractivity contribution in [3.05, 3.63) is 116 Å². The Balaban J connectivity index is 1.86. The monoisotopic (exact) mass is 552 g/mol. The van der Waals surface area contributed by atoms with Crippen LogP contribution in [0.4, 0.5) is 17.6 Å². The number of fused-ring (bicyclic) bond motifs is 2. The van der Waals surface area contributed by atoms with E-state index in [0.717, 1.165) is 24.3 Å². The van der Waals surface area contributed by atoms with Gasteiger partial charge in [-0.2, -0.15) is 31.6 Å². The zero-order valence-corrected chi connectivity index (χ0v) is 20.8. The van der Waals surface area contributed by atoms with Gasteiger partial charge in [-0.05, 0) is 52.6 Å². The molecular formula is C32H8F4N6. The van der Waals surface area contributed by atoms with E-state index >= 15 is 0 Å². The molecule has 0 saturated carbocycles. The van der Waals surface area contributed by atoms with Crippen molar-refractivity contribution in [3.8, 4) is 36.4 Å². The maximum absolute atomic E-state index is 14.3. The van der Waals surface area contributed by atoms with Gasteiger partial charge in [0.15, 0.2) is 23.3 Å². The molecule has 0 saturated heterocycles. The van der Waals surface area contributed by atoms with Crippen LogP contribution in [0.2, 0.25) is 0 Å². The van der Waals surface area contributed by atoms with Crippen molar-refractivity contribution in [2.24, 2.45) is 0 Å². The predicted molar refractivity (Wildman–Crippen MR) is 140 cm³/mol. The van der Waals surface area contributed by atoms with E-state index in [2.05, 4.69) is 0 Å². The Kier molecular flexibility index (Phi) is 6.47. The molecule has 0 N–H and O–H groups in total. The average Bonchev–Trinajstić information content (AvgIpc) is 3.47. The first kappa shape index (κ1) is 26.9. The molecule has 0 atom stereocenters. The molecule has 6 nitrogen and oxygen atoms in total. The van der Waals surface area contributed by atoms with E-state index < -0.39 is 34.4 Å². The zero-order chi connectivity index (χ0) is 30.3. The maximum atomic E-state index is 14.3. The molecule has 0 aliphatic heterocycles. The highest BCUT2D eigenvalue weighted by molar-refractivity contribution is 6.28. The van der Waals surface area contributed by atoms with Gasteiger partial charge in [0, 0.05) is 33.4 Å². The van der Waals surface area contributed by atoms with Gasteiger partial charge in [0.05, 0.1) is 11.1 Å². The summed E-state index contributed by atoms with van der Waals surface area (Å²) in [6, 6.07) is 19.7. The van der Waals surface area contributed by atoms with Crippen molar-refractivity contribution in [3.63, 3.8) is 0 Å². The third-order valence-electron chi connectivity index (χ3n) is 6.81. The molecule has 10 heteroatoms. The molecule has 0 unspecified atom stereocenters. The van der Waals surface area contributed by atoms with Crippen molar-refractivity contribution in [1.82, 2.24) is 0 Å². The average molecular weight is 552 g/mol. The fraction of sp³-hybridized carbons (Fsp3) is 0. The van der Waals surface area contributed by atoms with Gasteiger partial charge in [-0.25, -0.2) is 17.6 Å². The lowest BCUT2D eigenvalue weighted by molar-refractivity contribution is 0.508. The smallest absolute Gasteiger partial charge is 0.159 e. The van der Waals surface area contributed by atoms with E-state index in [4.69, 9.17) is 0 Å². The number of hydrogen-bond donors (Lipinski definition) is 0. The van der Waals surface area contributed by atoms with Gasteiger partial charge < -0.3 is 0 Å². The van der Waals surface area contributed by atoms with E-state index in [9.17, 15) is 49.1 Å². The van der Waals surface area contributed by atoms with Crippen LogP contribution in [0.5, 0.6) is 0 Å². The van der Waals surface area contributed by atoms with Gasteiger partial charge in [0.25, 0.3) is 0 Å². The minimum absolute atomic E-state index is 0.00419. The molecule has 3 aromatic carbocycles. The largest absolute Gasteiger partial charge is 0.204 e. The Morgan fingerprint density at radius 3 is 1.12 bits per heavy atom. The first-order valence-corrected chi connectivity index (χ1v) is 11.7. The van der Waals surface area contributed by atoms with Crippen LogP contribution in [0.1, 0.15) is 33.4 Å². The topological polar surface area (TPSA) is 143 Å². The second-order valence-corrected chi connectivity index (χ2v) is 8.88. The summed E-state index contributed by atoms with van der Waals surface area (Å²) in [5, 5.41) is 58.8. The Hall–Kier alpha value is -6.72. The second kappa shape index (κ2) is 10.1. The van der Waals surface area contributed by atoms with Crippen LogP contribution in [0.3, 0.4) is 0 Å². The fourth-order valence-electron chi connectivity index (χ4n) is 5.14. The van der Waals surface area contributed by atoms with Gasteiger partial charge in [-0.3, -0.25) is 0 Å². The highest BCUT2D eigenvalue weighted by Crippen LogP contribution is 2.51. The SMILES string of the molecule is N#CC(C#N)=C1C(c2cccc(C3=C(C#N)c4cc(F)c(F)cc4C3=C(C#N)C#N)c2)=C(C#N)c2cc(F)c(F)cc21. The summed E-state index contributed by atoms with van der Waals surface area (Å²) >= 11 is 0. The standard InChI is InChI=1S/C32H8F4N6/c33-25-5-19-21(7-27(25)35)31(17(9-37)10-38)29(23(19)13-41)15-2-1-3-16(4-15)30-24(14-42)20-6-26(34)28(36)8-22(20)32(30)18(11-39)12-40/h1-8H. The van der Waals surface area contributed by atoms with E-state index in [0.29, 0.717) is 0 Å². The maximum Gasteiger partial charge on any atom is 0.159 e. The number of allylic oxidation sites excluding steroid dienone is 8. The molecule has 0 heterocycles. The highest BCUT2D eigenvalue weighted by atomic mass is 19.2. The summed E-state index contributed by atoms with van der Waals surface area (Å²) in [6.45, 7) is 0. The van der Waals surface area contributed by atoms with E-state index in [-0.39, 0.29) is 66.8 Å². The molecule has 2 aliphatic rings. The predicted octanol–water partition coefficient (Wildman–Crippen LogP) is 6.74. The molecule has 0 fully saturated rings. The lowest BCUT2D eigenvalue weighted by Gasteiger charge is -2.13. The number of benzene rings is 3.